The number of furan rings is 1. The topological polar surface area (TPSA) is 107 Å². The third-order valence-electron chi connectivity index (χ3n) is 4.75. The Hall–Kier alpha value is -3.75. The van der Waals surface area contributed by atoms with Gasteiger partial charge in [-0.1, -0.05) is 19.1 Å². The number of nitrogens with zero attached hydrogens (tertiary/aromatic N) is 1. The van der Waals surface area contributed by atoms with Crippen LogP contribution in [0.2, 0.25) is 0 Å². The predicted molar refractivity (Wildman–Crippen MR) is 110 cm³/mol. The van der Waals surface area contributed by atoms with Crippen LogP contribution < -0.4 is 14.8 Å². The summed E-state index contributed by atoms with van der Waals surface area (Å²) in [5, 5.41) is 2.56. The number of carbonyl (C=O) groups excluding carboxylic acids is 3. The molecule has 2 aromatic rings. The number of esters is 1. The van der Waals surface area contributed by atoms with E-state index in [0.29, 0.717) is 17.1 Å². The van der Waals surface area contributed by atoms with Gasteiger partial charge in [-0.3, -0.25) is 9.69 Å². The summed E-state index contributed by atoms with van der Waals surface area (Å²) in [4.78, 5) is 37.7. The van der Waals surface area contributed by atoms with E-state index >= 15 is 0 Å². The van der Waals surface area contributed by atoms with E-state index in [4.69, 9.17) is 13.9 Å². The van der Waals surface area contributed by atoms with E-state index < -0.39 is 17.9 Å². The number of hydrogen-bond acceptors (Lipinski definition) is 7. The maximum Gasteiger partial charge on any atom is 0.373 e. The minimum atomic E-state index is -0.643. The zero-order valence-electron chi connectivity index (χ0n) is 17.8. The first-order valence-electron chi connectivity index (χ1n) is 9.73. The van der Waals surface area contributed by atoms with Gasteiger partial charge < -0.3 is 23.9 Å². The van der Waals surface area contributed by atoms with Crippen LogP contribution in [0.5, 0.6) is 11.5 Å². The number of benzene rings is 1. The first-order chi connectivity index (χ1) is 14.9. The molecule has 31 heavy (non-hydrogen) atoms. The maximum absolute atomic E-state index is 12.8. The number of nitrogens with one attached hydrogen (secondary N) is 1. The molecule has 3 rings (SSSR count). The average molecular weight is 428 g/mol. The third-order valence-corrected chi connectivity index (χ3v) is 4.75. The van der Waals surface area contributed by atoms with Crippen molar-refractivity contribution in [3.63, 3.8) is 0 Å². The quantitative estimate of drug-likeness (QED) is 0.390. The SMILES string of the molecule is CC[C@@H](C)Oc1c(/C=C2/NC(=O)N(Cc3ccc(C(=O)OC)o3)C2=O)cccc1OC. The van der Waals surface area contributed by atoms with Crippen molar-refractivity contribution >= 4 is 24.0 Å². The van der Waals surface area contributed by atoms with Crippen LogP contribution >= 0.6 is 0 Å². The van der Waals surface area contributed by atoms with Crippen LogP contribution in [0.25, 0.3) is 6.08 Å². The van der Waals surface area contributed by atoms with Crippen molar-refractivity contribution < 1.29 is 33.0 Å². The number of para-hydroxylation sites is 1. The molecular weight excluding hydrogens is 404 g/mol. The predicted octanol–water partition coefficient (Wildman–Crippen LogP) is 3.35. The van der Waals surface area contributed by atoms with Crippen LogP contribution in [0.4, 0.5) is 4.79 Å². The number of imide groups is 1. The van der Waals surface area contributed by atoms with E-state index in [1.165, 1.54) is 26.4 Å². The van der Waals surface area contributed by atoms with Gasteiger partial charge in [-0.15, -0.1) is 0 Å². The normalized spacial score (nSPS) is 15.7. The Morgan fingerprint density at radius 3 is 2.68 bits per heavy atom. The summed E-state index contributed by atoms with van der Waals surface area (Å²) in [7, 11) is 2.77. The molecule has 0 saturated carbocycles. The molecule has 0 radical (unpaired) electrons. The Kier molecular flexibility index (Phi) is 6.64. The van der Waals surface area contributed by atoms with E-state index in [1.807, 2.05) is 13.8 Å². The number of rotatable bonds is 8. The lowest BCUT2D eigenvalue weighted by Gasteiger charge is -2.17. The maximum atomic E-state index is 12.8. The molecule has 1 aromatic carbocycles. The Bertz CT molecular complexity index is 1020. The second-order valence-corrected chi connectivity index (χ2v) is 6.85. The van der Waals surface area contributed by atoms with Crippen molar-refractivity contribution in [2.75, 3.05) is 14.2 Å². The van der Waals surface area contributed by atoms with Crippen molar-refractivity contribution in [1.29, 1.82) is 0 Å². The lowest BCUT2D eigenvalue weighted by Crippen LogP contribution is -2.30. The summed E-state index contributed by atoms with van der Waals surface area (Å²) < 4.78 is 21.3. The van der Waals surface area contributed by atoms with Gasteiger partial charge in [0.1, 0.15) is 11.5 Å². The second kappa shape index (κ2) is 9.38. The standard InChI is InChI=1S/C22H24N2O7/c1-5-13(2)30-19-14(7-6-8-17(19)28-3)11-16-20(25)24(22(27)23-16)12-15-9-10-18(31-15)21(26)29-4/h6-11,13H,5,12H2,1-4H3,(H,23,27)/b16-11+/t13-/m1/s1. The fraction of sp³-hybridized carbons (Fsp3) is 0.318. The highest BCUT2D eigenvalue weighted by atomic mass is 16.5. The number of amides is 3. The molecule has 164 valence electrons. The Morgan fingerprint density at radius 1 is 1.23 bits per heavy atom. The van der Waals surface area contributed by atoms with Crippen molar-refractivity contribution in [3.05, 3.63) is 53.1 Å². The van der Waals surface area contributed by atoms with E-state index in [2.05, 4.69) is 10.1 Å². The smallest absolute Gasteiger partial charge is 0.373 e. The number of ether oxygens (including phenoxy) is 3. The molecule has 1 N–H and O–H groups in total. The minimum Gasteiger partial charge on any atom is -0.493 e. The number of hydrogen-bond donors (Lipinski definition) is 1. The number of urea groups is 1. The van der Waals surface area contributed by atoms with Gasteiger partial charge in [-0.05, 0) is 37.6 Å². The van der Waals surface area contributed by atoms with Gasteiger partial charge in [0, 0.05) is 5.56 Å². The van der Waals surface area contributed by atoms with Crippen molar-refractivity contribution in [3.8, 4) is 11.5 Å². The lowest BCUT2D eigenvalue weighted by atomic mass is 10.1. The van der Waals surface area contributed by atoms with Crippen LogP contribution in [-0.4, -0.2) is 43.1 Å². The fourth-order valence-electron chi connectivity index (χ4n) is 2.92. The molecule has 9 nitrogen and oxygen atoms in total. The van der Waals surface area contributed by atoms with Crippen LogP contribution in [0.3, 0.4) is 0 Å². The van der Waals surface area contributed by atoms with Gasteiger partial charge in [0.05, 0.1) is 26.9 Å². The van der Waals surface area contributed by atoms with Gasteiger partial charge in [0.2, 0.25) is 5.76 Å². The summed E-state index contributed by atoms with van der Waals surface area (Å²) in [6.45, 7) is 3.80. The van der Waals surface area contributed by atoms with Crippen LogP contribution in [0.15, 0.2) is 40.4 Å². The molecule has 1 saturated heterocycles. The van der Waals surface area contributed by atoms with E-state index in [1.54, 1.807) is 24.3 Å². The summed E-state index contributed by atoms with van der Waals surface area (Å²) in [6.07, 6.45) is 2.26. The van der Waals surface area contributed by atoms with Gasteiger partial charge in [-0.2, -0.15) is 0 Å². The highest BCUT2D eigenvalue weighted by molar-refractivity contribution is 6.14. The van der Waals surface area contributed by atoms with Gasteiger partial charge in [-0.25, -0.2) is 9.59 Å². The molecule has 1 aliphatic heterocycles. The fourth-order valence-corrected chi connectivity index (χ4v) is 2.92. The van der Waals surface area contributed by atoms with Crippen LogP contribution in [0, 0.1) is 0 Å². The highest BCUT2D eigenvalue weighted by Crippen LogP contribution is 2.34. The van der Waals surface area contributed by atoms with Crippen LogP contribution in [-0.2, 0) is 16.1 Å². The summed E-state index contributed by atoms with van der Waals surface area (Å²) >= 11 is 0. The first kappa shape index (κ1) is 21.9. The van der Waals surface area contributed by atoms with Crippen LogP contribution in [0.1, 0.15) is 42.1 Å². The Morgan fingerprint density at radius 2 is 2.00 bits per heavy atom. The molecule has 9 heteroatoms. The van der Waals surface area contributed by atoms with Gasteiger partial charge in [0.15, 0.2) is 11.5 Å². The number of carbonyl (C=O) groups is 3. The molecule has 1 aromatic heterocycles. The van der Waals surface area contributed by atoms with Gasteiger partial charge >= 0.3 is 12.0 Å². The molecule has 0 aliphatic carbocycles. The molecule has 2 heterocycles. The monoisotopic (exact) mass is 428 g/mol. The molecule has 0 bridgehead atoms. The van der Waals surface area contributed by atoms with E-state index in [9.17, 15) is 14.4 Å². The zero-order chi connectivity index (χ0) is 22.5. The molecule has 1 aliphatic rings. The summed E-state index contributed by atoms with van der Waals surface area (Å²) in [5.74, 6) is 0.0976. The van der Waals surface area contributed by atoms with E-state index in [0.717, 1.165) is 11.3 Å². The first-order valence-corrected chi connectivity index (χ1v) is 9.73. The number of methoxy groups -OCH3 is 2. The zero-order valence-corrected chi connectivity index (χ0v) is 17.8. The Balaban J connectivity index is 1.85. The van der Waals surface area contributed by atoms with Crippen molar-refractivity contribution in [1.82, 2.24) is 10.2 Å². The summed E-state index contributed by atoms with van der Waals surface area (Å²) in [5.41, 5.74) is 0.683. The Labute approximate surface area is 179 Å². The second-order valence-electron chi connectivity index (χ2n) is 6.85. The largest absolute Gasteiger partial charge is 0.493 e. The lowest BCUT2D eigenvalue weighted by molar-refractivity contribution is -0.123. The van der Waals surface area contributed by atoms with E-state index in [-0.39, 0.29) is 29.9 Å². The molecular formula is C22H24N2O7. The molecule has 1 atom stereocenters. The van der Waals surface area contributed by atoms with Crippen molar-refractivity contribution in [2.24, 2.45) is 0 Å². The molecule has 0 spiro atoms. The third kappa shape index (κ3) is 4.71. The summed E-state index contributed by atoms with van der Waals surface area (Å²) in [6, 6.07) is 7.63. The highest BCUT2D eigenvalue weighted by Gasteiger charge is 2.34. The average Bonchev–Trinajstić information content (AvgIpc) is 3.34. The molecule has 0 unspecified atom stereocenters. The molecule has 1 fully saturated rings. The minimum absolute atomic E-state index is 0.0106. The molecule has 3 amide bonds. The van der Waals surface area contributed by atoms with Crippen molar-refractivity contribution in [2.45, 2.75) is 32.9 Å². The van der Waals surface area contributed by atoms with Gasteiger partial charge in [0.25, 0.3) is 5.91 Å².